The van der Waals surface area contributed by atoms with Crippen LogP contribution in [-0.4, -0.2) is 19.6 Å². The lowest BCUT2D eigenvalue weighted by Crippen LogP contribution is -2.23. The number of nitrogens with one attached hydrogen (secondary N) is 1. The van der Waals surface area contributed by atoms with Gasteiger partial charge in [0.25, 0.3) is 5.91 Å². The van der Waals surface area contributed by atoms with Gasteiger partial charge in [-0.25, -0.2) is 0 Å². The van der Waals surface area contributed by atoms with Crippen LogP contribution < -0.4 is 19.5 Å². The van der Waals surface area contributed by atoms with Gasteiger partial charge in [0.05, 0.1) is 13.7 Å². The number of methoxy groups -OCH3 is 1. The van der Waals surface area contributed by atoms with E-state index in [4.69, 9.17) is 14.2 Å². The van der Waals surface area contributed by atoms with Crippen molar-refractivity contribution in [2.24, 2.45) is 0 Å². The number of allylic oxidation sites excluding steroid dienone is 1. The summed E-state index contributed by atoms with van der Waals surface area (Å²) in [6.45, 7) is 6.87. The van der Waals surface area contributed by atoms with Gasteiger partial charge in [-0.15, -0.1) is 6.58 Å². The summed E-state index contributed by atoms with van der Waals surface area (Å²) in [5.41, 5.74) is 3.46. The molecule has 1 amide bonds. The monoisotopic (exact) mass is 532 g/mol. The number of hydrogen-bond acceptors (Lipinski definition) is 5. The molecule has 0 aliphatic carbocycles. The van der Waals surface area contributed by atoms with E-state index < -0.39 is 5.91 Å². The first-order chi connectivity index (χ1) is 19.6. The van der Waals surface area contributed by atoms with E-state index in [1.54, 1.807) is 25.3 Å². The first-order valence-corrected chi connectivity index (χ1v) is 13.1. The minimum Gasteiger partial charge on any atom is -0.497 e. The van der Waals surface area contributed by atoms with Crippen LogP contribution in [0.2, 0.25) is 0 Å². The van der Waals surface area contributed by atoms with Crippen molar-refractivity contribution in [2.45, 2.75) is 26.5 Å². The molecule has 4 aromatic carbocycles. The summed E-state index contributed by atoms with van der Waals surface area (Å²) in [5, 5.41) is 14.8. The van der Waals surface area contributed by atoms with Crippen LogP contribution in [0.3, 0.4) is 0 Å². The molecular weight excluding hydrogens is 500 g/mol. The quantitative estimate of drug-likeness (QED) is 0.124. The number of nitriles is 1. The Morgan fingerprint density at radius 1 is 1.00 bits per heavy atom. The summed E-state index contributed by atoms with van der Waals surface area (Å²) in [6.07, 6.45) is 3.88. The highest BCUT2D eigenvalue weighted by atomic mass is 16.5. The van der Waals surface area contributed by atoms with Crippen LogP contribution in [0.25, 0.3) is 16.8 Å². The fraction of sp³-hybridized carbons (Fsp3) is 0.176. The number of hydrogen-bond donors (Lipinski definition) is 1. The maximum atomic E-state index is 12.8. The molecule has 0 fully saturated rings. The number of ether oxygens (including phenoxy) is 3. The van der Waals surface area contributed by atoms with E-state index in [1.165, 1.54) is 0 Å². The molecule has 0 spiro atoms. The van der Waals surface area contributed by atoms with E-state index in [-0.39, 0.29) is 12.1 Å². The number of fused-ring (bicyclic) bond motifs is 1. The van der Waals surface area contributed by atoms with E-state index in [0.717, 1.165) is 33.2 Å². The summed E-state index contributed by atoms with van der Waals surface area (Å²) >= 11 is 0. The molecule has 0 heterocycles. The number of rotatable bonds is 12. The fourth-order valence-electron chi connectivity index (χ4n) is 4.41. The van der Waals surface area contributed by atoms with Gasteiger partial charge in [-0.05, 0) is 71.1 Å². The van der Waals surface area contributed by atoms with E-state index >= 15 is 0 Å². The third kappa shape index (κ3) is 6.89. The van der Waals surface area contributed by atoms with Crippen molar-refractivity contribution in [1.82, 2.24) is 5.32 Å². The molecule has 0 unspecified atom stereocenters. The maximum absolute atomic E-state index is 12.8. The number of benzene rings is 4. The Hall–Kier alpha value is -5.02. The summed E-state index contributed by atoms with van der Waals surface area (Å²) < 4.78 is 17.5. The van der Waals surface area contributed by atoms with Gasteiger partial charge in [0, 0.05) is 12.1 Å². The zero-order chi connectivity index (χ0) is 28.3. The molecule has 6 nitrogen and oxygen atoms in total. The molecule has 6 heteroatoms. The second-order valence-corrected chi connectivity index (χ2v) is 9.06. The molecule has 0 aliphatic heterocycles. The van der Waals surface area contributed by atoms with E-state index in [2.05, 4.69) is 36.2 Å². The topological polar surface area (TPSA) is 80.6 Å². The van der Waals surface area contributed by atoms with E-state index in [9.17, 15) is 10.1 Å². The molecule has 0 bridgehead atoms. The summed E-state index contributed by atoms with van der Waals surface area (Å²) in [6, 6.07) is 27.4. The predicted octanol–water partition coefficient (Wildman–Crippen LogP) is 6.78. The first-order valence-electron chi connectivity index (χ1n) is 13.1. The van der Waals surface area contributed by atoms with Crippen LogP contribution in [0.4, 0.5) is 0 Å². The van der Waals surface area contributed by atoms with Crippen molar-refractivity contribution in [3.63, 3.8) is 0 Å². The van der Waals surface area contributed by atoms with E-state index in [0.29, 0.717) is 36.7 Å². The zero-order valence-corrected chi connectivity index (χ0v) is 22.8. The highest BCUT2D eigenvalue weighted by Gasteiger charge is 2.16. The molecule has 0 aromatic heterocycles. The smallest absolute Gasteiger partial charge is 0.262 e. The van der Waals surface area contributed by atoms with Crippen LogP contribution in [0.5, 0.6) is 17.2 Å². The van der Waals surface area contributed by atoms with Crippen molar-refractivity contribution < 1.29 is 19.0 Å². The second kappa shape index (κ2) is 13.7. The molecule has 4 rings (SSSR count). The minimum absolute atomic E-state index is 0.00932. The second-order valence-electron chi connectivity index (χ2n) is 9.06. The van der Waals surface area contributed by atoms with Gasteiger partial charge >= 0.3 is 0 Å². The zero-order valence-electron chi connectivity index (χ0n) is 22.8. The van der Waals surface area contributed by atoms with Gasteiger partial charge in [0.15, 0.2) is 11.5 Å². The normalized spacial score (nSPS) is 11.0. The Bertz CT molecular complexity index is 1560. The van der Waals surface area contributed by atoms with Gasteiger partial charge < -0.3 is 19.5 Å². The standard InChI is InChI=1S/C34H32N2O4/c1-4-9-27-18-25(19-29(21-35)34(37)36-22-24-14-16-30(38-3)17-15-24)20-32(39-5-2)33(27)40-23-28-12-8-11-26-10-6-7-13-31(26)28/h4,6-8,10-20H,1,5,9,22-23H2,2-3H3,(H,36,37)/b29-19-. The van der Waals surface area contributed by atoms with Crippen molar-refractivity contribution in [3.8, 4) is 23.3 Å². The lowest BCUT2D eigenvalue weighted by Gasteiger charge is -2.17. The highest BCUT2D eigenvalue weighted by Crippen LogP contribution is 2.36. The number of nitrogens with zero attached hydrogens (tertiary/aromatic N) is 1. The highest BCUT2D eigenvalue weighted by molar-refractivity contribution is 6.01. The van der Waals surface area contributed by atoms with Crippen molar-refractivity contribution in [3.05, 3.63) is 119 Å². The molecule has 1 N–H and O–H groups in total. The Morgan fingerprint density at radius 2 is 1.77 bits per heavy atom. The van der Waals surface area contributed by atoms with Crippen molar-refractivity contribution in [1.29, 1.82) is 5.26 Å². The fourth-order valence-corrected chi connectivity index (χ4v) is 4.41. The Morgan fingerprint density at radius 3 is 2.50 bits per heavy atom. The molecule has 0 atom stereocenters. The van der Waals surface area contributed by atoms with Crippen LogP contribution in [0, 0.1) is 11.3 Å². The molecule has 202 valence electrons. The third-order valence-corrected chi connectivity index (χ3v) is 6.36. The van der Waals surface area contributed by atoms with Gasteiger partial charge in [-0.2, -0.15) is 5.26 Å². The van der Waals surface area contributed by atoms with Crippen LogP contribution >= 0.6 is 0 Å². The lowest BCUT2D eigenvalue weighted by atomic mass is 10.0. The molecular formula is C34H32N2O4. The first kappa shape index (κ1) is 28.0. The van der Waals surface area contributed by atoms with Gasteiger partial charge in [0.1, 0.15) is 24.0 Å². The van der Waals surface area contributed by atoms with Crippen molar-refractivity contribution in [2.75, 3.05) is 13.7 Å². The SMILES string of the molecule is C=CCc1cc(/C=C(/C#N)C(=O)NCc2ccc(OC)cc2)cc(OCC)c1OCc1cccc2ccccc12. The van der Waals surface area contributed by atoms with E-state index in [1.807, 2.05) is 61.5 Å². The summed E-state index contributed by atoms with van der Waals surface area (Å²) in [4.78, 5) is 12.8. The number of carbonyl (C=O) groups excluding carboxylic acids is 1. The maximum Gasteiger partial charge on any atom is 0.262 e. The average Bonchev–Trinajstić information content (AvgIpc) is 2.98. The van der Waals surface area contributed by atoms with Gasteiger partial charge in [0.2, 0.25) is 0 Å². The summed E-state index contributed by atoms with van der Waals surface area (Å²) in [7, 11) is 1.60. The van der Waals surface area contributed by atoms with Crippen LogP contribution in [0.1, 0.15) is 29.2 Å². The molecule has 4 aromatic rings. The largest absolute Gasteiger partial charge is 0.497 e. The Kier molecular flexibility index (Phi) is 9.58. The Balaban J connectivity index is 1.59. The molecule has 0 radical (unpaired) electrons. The molecule has 0 aliphatic rings. The van der Waals surface area contributed by atoms with Gasteiger partial charge in [-0.3, -0.25) is 4.79 Å². The van der Waals surface area contributed by atoms with Crippen molar-refractivity contribution >= 4 is 22.8 Å². The lowest BCUT2D eigenvalue weighted by molar-refractivity contribution is -0.117. The third-order valence-electron chi connectivity index (χ3n) is 6.36. The number of carbonyl (C=O) groups is 1. The van der Waals surface area contributed by atoms with Gasteiger partial charge in [-0.1, -0.05) is 60.7 Å². The minimum atomic E-state index is -0.460. The molecule has 0 saturated carbocycles. The average molecular weight is 533 g/mol. The van der Waals surface area contributed by atoms with Crippen LogP contribution in [-0.2, 0) is 24.4 Å². The Labute approximate surface area is 235 Å². The molecule has 40 heavy (non-hydrogen) atoms. The molecule has 0 saturated heterocycles. The van der Waals surface area contributed by atoms with Crippen LogP contribution in [0.15, 0.2) is 97.1 Å². The number of amides is 1. The summed E-state index contributed by atoms with van der Waals surface area (Å²) in [5.74, 6) is 1.44. The predicted molar refractivity (Wildman–Crippen MR) is 158 cm³/mol.